The minimum atomic E-state index is 0.0855. The molecule has 0 heterocycles. The fourth-order valence-corrected chi connectivity index (χ4v) is 3.75. The topological polar surface area (TPSA) is 35.2 Å². The number of methoxy groups -OCH3 is 1. The van der Waals surface area contributed by atoms with Crippen LogP contribution in [0.4, 0.5) is 0 Å². The SMILES string of the molecule is COc1c(C(C)(C)C)ccc(C)c1C1(CN)CCCC1. The Bertz CT molecular complexity index is 479. The lowest BCUT2D eigenvalue weighted by molar-refractivity contribution is 0.364. The van der Waals surface area contributed by atoms with Crippen LogP contribution in [0, 0.1) is 6.92 Å². The molecule has 1 saturated carbocycles. The number of hydrogen-bond acceptors (Lipinski definition) is 2. The lowest BCUT2D eigenvalue weighted by atomic mass is 9.73. The smallest absolute Gasteiger partial charge is 0.126 e. The van der Waals surface area contributed by atoms with Gasteiger partial charge in [-0.1, -0.05) is 45.7 Å². The summed E-state index contributed by atoms with van der Waals surface area (Å²) < 4.78 is 5.87. The molecule has 2 nitrogen and oxygen atoms in total. The van der Waals surface area contributed by atoms with Gasteiger partial charge in [-0.3, -0.25) is 0 Å². The molecule has 20 heavy (non-hydrogen) atoms. The van der Waals surface area contributed by atoms with Gasteiger partial charge < -0.3 is 10.5 Å². The van der Waals surface area contributed by atoms with Crippen LogP contribution in [0.5, 0.6) is 5.75 Å². The summed E-state index contributed by atoms with van der Waals surface area (Å²) in [6, 6.07) is 4.46. The zero-order valence-corrected chi connectivity index (χ0v) is 13.7. The zero-order chi connectivity index (χ0) is 15.0. The second kappa shape index (κ2) is 5.40. The monoisotopic (exact) mass is 275 g/mol. The van der Waals surface area contributed by atoms with Gasteiger partial charge in [0, 0.05) is 17.5 Å². The third-order valence-corrected chi connectivity index (χ3v) is 4.86. The fraction of sp³-hybridized carbons (Fsp3) is 0.667. The second-order valence-electron chi connectivity index (χ2n) is 7.28. The molecule has 2 N–H and O–H groups in total. The van der Waals surface area contributed by atoms with Crippen molar-refractivity contribution in [1.29, 1.82) is 0 Å². The van der Waals surface area contributed by atoms with Crippen molar-refractivity contribution in [2.45, 2.75) is 64.2 Å². The molecule has 0 aromatic heterocycles. The highest BCUT2D eigenvalue weighted by Crippen LogP contribution is 2.48. The Morgan fingerprint density at radius 1 is 1.20 bits per heavy atom. The third-order valence-electron chi connectivity index (χ3n) is 4.86. The van der Waals surface area contributed by atoms with Crippen LogP contribution in [0.1, 0.15) is 63.1 Å². The average Bonchev–Trinajstić information content (AvgIpc) is 2.86. The van der Waals surface area contributed by atoms with Crippen molar-refractivity contribution in [1.82, 2.24) is 0 Å². The minimum Gasteiger partial charge on any atom is -0.496 e. The molecular weight excluding hydrogens is 246 g/mol. The zero-order valence-electron chi connectivity index (χ0n) is 13.7. The summed E-state index contributed by atoms with van der Waals surface area (Å²) in [5, 5.41) is 0. The van der Waals surface area contributed by atoms with Crippen molar-refractivity contribution in [3.8, 4) is 5.75 Å². The van der Waals surface area contributed by atoms with Crippen molar-refractivity contribution in [3.63, 3.8) is 0 Å². The molecule has 0 radical (unpaired) electrons. The summed E-state index contributed by atoms with van der Waals surface area (Å²) in [5.41, 5.74) is 10.4. The highest BCUT2D eigenvalue weighted by atomic mass is 16.5. The first kappa shape index (κ1) is 15.4. The quantitative estimate of drug-likeness (QED) is 0.902. The Morgan fingerprint density at radius 3 is 2.25 bits per heavy atom. The standard InChI is InChI=1S/C18H29NO/c1-13-8-9-14(17(2,3)4)16(20-5)15(13)18(12-19)10-6-7-11-18/h8-9H,6-7,10-12,19H2,1-5H3. The van der Waals surface area contributed by atoms with Crippen LogP contribution >= 0.6 is 0 Å². The Labute approximate surface area is 123 Å². The van der Waals surface area contributed by atoms with Crippen molar-refractivity contribution >= 4 is 0 Å². The molecule has 0 atom stereocenters. The van der Waals surface area contributed by atoms with E-state index in [2.05, 4.69) is 39.8 Å². The number of benzene rings is 1. The molecule has 1 fully saturated rings. The number of rotatable bonds is 3. The Hall–Kier alpha value is -1.02. The molecule has 0 unspecified atom stereocenters. The number of ether oxygens (including phenoxy) is 1. The van der Waals surface area contributed by atoms with Gasteiger partial charge in [0.1, 0.15) is 5.75 Å². The second-order valence-corrected chi connectivity index (χ2v) is 7.28. The molecule has 112 valence electrons. The predicted octanol–water partition coefficient (Wildman–Crippen LogP) is 4.07. The summed E-state index contributed by atoms with van der Waals surface area (Å²) in [4.78, 5) is 0. The lowest BCUT2D eigenvalue weighted by Gasteiger charge is -2.34. The van der Waals surface area contributed by atoms with Crippen LogP contribution in [0.3, 0.4) is 0 Å². The molecule has 0 saturated heterocycles. The van der Waals surface area contributed by atoms with Crippen LogP contribution in [-0.4, -0.2) is 13.7 Å². The van der Waals surface area contributed by atoms with Gasteiger partial charge in [0.2, 0.25) is 0 Å². The number of hydrogen-bond donors (Lipinski definition) is 1. The van der Waals surface area contributed by atoms with Gasteiger partial charge >= 0.3 is 0 Å². The summed E-state index contributed by atoms with van der Waals surface area (Å²) in [6.07, 6.45) is 4.93. The molecule has 1 aromatic rings. The summed E-state index contributed by atoms with van der Waals surface area (Å²) >= 11 is 0. The van der Waals surface area contributed by atoms with E-state index in [4.69, 9.17) is 10.5 Å². The van der Waals surface area contributed by atoms with E-state index in [-0.39, 0.29) is 10.8 Å². The van der Waals surface area contributed by atoms with Gasteiger partial charge in [0.15, 0.2) is 0 Å². The molecule has 0 bridgehead atoms. The van der Waals surface area contributed by atoms with E-state index >= 15 is 0 Å². The first-order chi connectivity index (χ1) is 9.35. The Kier molecular flexibility index (Phi) is 4.15. The molecular formula is C18H29NO. The molecule has 2 rings (SSSR count). The van der Waals surface area contributed by atoms with E-state index in [0.29, 0.717) is 0 Å². The van der Waals surface area contributed by atoms with E-state index in [9.17, 15) is 0 Å². The predicted molar refractivity (Wildman–Crippen MR) is 85.6 cm³/mol. The molecule has 1 aliphatic rings. The van der Waals surface area contributed by atoms with E-state index in [1.807, 2.05) is 0 Å². The van der Waals surface area contributed by atoms with E-state index in [1.165, 1.54) is 42.4 Å². The first-order valence-corrected chi connectivity index (χ1v) is 7.74. The highest BCUT2D eigenvalue weighted by molar-refractivity contribution is 5.53. The van der Waals surface area contributed by atoms with Crippen molar-refractivity contribution in [2.24, 2.45) is 5.73 Å². The maximum absolute atomic E-state index is 6.20. The largest absolute Gasteiger partial charge is 0.496 e. The van der Waals surface area contributed by atoms with Crippen LogP contribution in [-0.2, 0) is 10.8 Å². The summed E-state index contributed by atoms with van der Waals surface area (Å²) in [6.45, 7) is 9.65. The van der Waals surface area contributed by atoms with Crippen LogP contribution in [0.15, 0.2) is 12.1 Å². The summed E-state index contributed by atoms with van der Waals surface area (Å²) in [7, 11) is 1.80. The van der Waals surface area contributed by atoms with E-state index in [1.54, 1.807) is 7.11 Å². The maximum Gasteiger partial charge on any atom is 0.126 e. The van der Waals surface area contributed by atoms with Gasteiger partial charge in [-0.15, -0.1) is 0 Å². The highest BCUT2D eigenvalue weighted by Gasteiger charge is 2.39. The van der Waals surface area contributed by atoms with Crippen molar-refractivity contribution in [2.75, 3.05) is 13.7 Å². The molecule has 0 amide bonds. The number of nitrogens with two attached hydrogens (primary N) is 1. The first-order valence-electron chi connectivity index (χ1n) is 7.74. The van der Waals surface area contributed by atoms with E-state index in [0.717, 1.165) is 12.3 Å². The maximum atomic E-state index is 6.20. The summed E-state index contributed by atoms with van der Waals surface area (Å²) in [5.74, 6) is 1.07. The van der Waals surface area contributed by atoms with Crippen molar-refractivity contribution in [3.05, 3.63) is 28.8 Å². The Morgan fingerprint density at radius 2 is 1.80 bits per heavy atom. The number of aryl methyl sites for hydroxylation is 1. The lowest BCUT2D eigenvalue weighted by Crippen LogP contribution is -2.34. The van der Waals surface area contributed by atoms with Gasteiger partial charge in [0.05, 0.1) is 7.11 Å². The molecule has 2 heteroatoms. The van der Waals surface area contributed by atoms with Crippen molar-refractivity contribution < 1.29 is 4.74 Å². The van der Waals surface area contributed by atoms with Gasteiger partial charge in [0.25, 0.3) is 0 Å². The van der Waals surface area contributed by atoms with Gasteiger partial charge in [-0.25, -0.2) is 0 Å². The van der Waals surface area contributed by atoms with Gasteiger partial charge in [-0.2, -0.15) is 0 Å². The minimum absolute atomic E-state index is 0.0855. The van der Waals surface area contributed by atoms with Crippen LogP contribution in [0.2, 0.25) is 0 Å². The molecule has 1 aromatic carbocycles. The molecule has 0 spiro atoms. The van der Waals surface area contributed by atoms with Gasteiger partial charge in [-0.05, 0) is 36.3 Å². The molecule has 1 aliphatic carbocycles. The van der Waals surface area contributed by atoms with Crippen LogP contribution < -0.4 is 10.5 Å². The molecule has 0 aliphatic heterocycles. The third kappa shape index (κ3) is 2.46. The van der Waals surface area contributed by atoms with Crippen LogP contribution in [0.25, 0.3) is 0 Å². The average molecular weight is 275 g/mol. The normalized spacial score (nSPS) is 18.3. The fourth-order valence-electron chi connectivity index (χ4n) is 3.75. The Balaban J connectivity index is 2.68. The van der Waals surface area contributed by atoms with E-state index < -0.39 is 0 Å².